The molecular formula is C16H20ClN3O2. The van der Waals surface area contributed by atoms with Crippen molar-refractivity contribution in [1.82, 2.24) is 10.0 Å². The van der Waals surface area contributed by atoms with Crippen molar-refractivity contribution in [3.05, 3.63) is 28.8 Å². The summed E-state index contributed by atoms with van der Waals surface area (Å²) in [7, 11) is 0. The van der Waals surface area contributed by atoms with Crippen LogP contribution in [0.3, 0.4) is 0 Å². The molecule has 4 bridgehead atoms. The first-order valence-corrected chi connectivity index (χ1v) is 8.33. The highest BCUT2D eigenvalue weighted by Crippen LogP contribution is 2.55. The zero-order valence-electron chi connectivity index (χ0n) is 12.3. The predicted molar refractivity (Wildman–Crippen MR) is 81.6 cm³/mol. The number of urea groups is 1. The van der Waals surface area contributed by atoms with E-state index in [-0.39, 0.29) is 16.7 Å². The van der Waals surface area contributed by atoms with Crippen molar-refractivity contribution in [2.45, 2.75) is 44.1 Å². The SMILES string of the molecule is O=C(/N=c1\ccn(O)c(Cl)c1)NC12CC3CC(CC(C3)C1)C2. The van der Waals surface area contributed by atoms with E-state index in [0.717, 1.165) is 41.7 Å². The second-order valence-electron chi connectivity index (χ2n) is 7.29. The van der Waals surface area contributed by atoms with Crippen LogP contribution >= 0.6 is 11.6 Å². The fourth-order valence-electron chi connectivity index (χ4n) is 5.16. The summed E-state index contributed by atoms with van der Waals surface area (Å²) in [6, 6.07) is 2.74. The van der Waals surface area contributed by atoms with Crippen LogP contribution in [0.2, 0.25) is 5.15 Å². The number of hydrogen-bond acceptors (Lipinski definition) is 2. The number of nitrogens with one attached hydrogen (secondary N) is 1. The third-order valence-corrected chi connectivity index (χ3v) is 5.80. The van der Waals surface area contributed by atoms with Crippen LogP contribution in [0.4, 0.5) is 4.79 Å². The molecule has 4 saturated carbocycles. The van der Waals surface area contributed by atoms with Gasteiger partial charge in [0.05, 0.1) is 5.36 Å². The van der Waals surface area contributed by atoms with Gasteiger partial charge in [0.15, 0.2) is 0 Å². The van der Waals surface area contributed by atoms with Gasteiger partial charge in [-0.25, -0.2) is 4.79 Å². The van der Waals surface area contributed by atoms with Gasteiger partial charge in [0.2, 0.25) is 0 Å². The maximum atomic E-state index is 12.3. The molecule has 0 aromatic carbocycles. The molecule has 0 unspecified atom stereocenters. The average Bonchev–Trinajstić information content (AvgIpc) is 2.40. The van der Waals surface area contributed by atoms with Gasteiger partial charge in [-0.3, -0.25) is 0 Å². The van der Waals surface area contributed by atoms with Gasteiger partial charge >= 0.3 is 6.03 Å². The highest BCUT2D eigenvalue weighted by molar-refractivity contribution is 6.29. The second-order valence-corrected chi connectivity index (χ2v) is 7.68. The van der Waals surface area contributed by atoms with Crippen molar-refractivity contribution in [3.63, 3.8) is 0 Å². The summed E-state index contributed by atoms with van der Waals surface area (Å²) < 4.78 is 0.789. The standard InChI is InChI=1S/C16H20ClN3O2/c17-14-6-13(1-2-20(14)22)18-15(21)19-16-7-10-3-11(8-16)5-12(4-10)9-16/h1-2,6,10-12,22H,3-5,7-9H2,(H,19,21)/b18-13+. The number of amides is 2. The summed E-state index contributed by atoms with van der Waals surface area (Å²) in [4.78, 5) is 16.4. The van der Waals surface area contributed by atoms with Crippen LogP contribution in [0.15, 0.2) is 23.3 Å². The molecular weight excluding hydrogens is 302 g/mol. The van der Waals surface area contributed by atoms with Crippen LogP contribution < -0.4 is 10.7 Å². The van der Waals surface area contributed by atoms with E-state index in [1.54, 1.807) is 6.07 Å². The number of hydrogen-bond donors (Lipinski definition) is 2. The first-order chi connectivity index (χ1) is 10.5. The molecule has 0 saturated heterocycles. The molecule has 2 N–H and O–H groups in total. The second kappa shape index (κ2) is 5.01. The minimum absolute atomic E-state index is 0.0369. The normalized spacial score (nSPS) is 36.6. The van der Waals surface area contributed by atoms with Crippen molar-refractivity contribution < 1.29 is 10.0 Å². The molecule has 0 atom stereocenters. The van der Waals surface area contributed by atoms with Gasteiger partial charge in [0.1, 0.15) is 5.15 Å². The Morgan fingerprint density at radius 3 is 2.41 bits per heavy atom. The number of pyridine rings is 1. The third kappa shape index (κ3) is 2.51. The van der Waals surface area contributed by atoms with Crippen molar-refractivity contribution in [1.29, 1.82) is 0 Å². The summed E-state index contributed by atoms with van der Waals surface area (Å²) in [6.45, 7) is 0. The Hall–Kier alpha value is -1.49. The molecule has 0 spiro atoms. The fourth-order valence-corrected chi connectivity index (χ4v) is 5.33. The maximum Gasteiger partial charge on any atom is 0.341 e. The molecule has 4 aliphatic carbocycles. The summed E-state index contributed by atoms with van der Waals surface area (Å²) >= 11 is 5.82. The van der Waals surface area contributed by atoms with Gasteiger partial charge in [-0.2, -0.15) is 9.72 Å². The molecule has 118 valence electrons. The molecule has 5 nitrogen and oxygen atoms in total. The van der Waals surface area contributed by atoms with E-state index < -0.39 is 0 Å². The van der Waals surface area contributed by atoms with E-state index in [4.69, 9.17) is 11.6 Å². The first-order valence-electron chi connectivity index (χ1n) is 7.96. The Labute approximate surface area is 134 Å². The minimum Gasteiger partial charge on any atom is -0.428 e. The average molecular weight is 322 g/mol. The summed E-state index contributed by atoms with van der Waals surface area (Å²) in [5, 5.41) is 13.1. The van der Waals surface area contributed by atoms with Crippen molar-refractivity contribution in [2.75, 3.05) is 0 Å². The fraction of sp³-hybridized carbons (Fsp3) is 0.625. The number of halogens is 1. The van der Waals surface area contributed by atoms with Gasteiger partial charge in [0.25, 0.3) is 0 Å². The summed E-state index contributed by atoms with van der Waals surface area (Å²) in [6.07, 6.45) is 8.72. The predicted octanol–water partition coefficient (Wildman–Crippen LogP) is 2.96. The molecule has 6 heteroatoms. The monoisotopic (exact) mass is 321 g/mol. The lowest BCUT2D eigenvalue weighted by Crippen LogP contribution is -2.59. The van der Waals surface area contributed by atoms with E-state index in [1.165, 1.54) is 31.5 Å². The van der Waals surface area contributed by atoms with Crippen LogP contribution in [0.1, 0.15) is 38.5 Å². The number of carbonyl (C=O) groups is 1. The number of nitrogens with zero attached hydrogens (tertiary/aromatic N) is 2. The first kappa shape index (κ1) is 14.1. The summed E-state index contributed by atoms with van der Waals surface area (Å²) in [5.41, 5.74) is -0.0369. The molecule has 1 aromatic heterocycles. The van der Waals surface area contributed by atoms with Crippen LogP contribution in [0.5, 0.6) is 0 Å². The Morgan fingerprint density at radius 2 is 1.86 bits per heavy atom. The van der Waals surface area contributed by atoms with E-state index in [1.807, 2.05) is 0 Å². The molecule has 5 rings (SSSR count). The number of aromatic nitrogens is 1. The topological polar surface area (TPSA) is 66.6 Å². The molecule has 1 heterocycles. The lowest BCUT2D eigenvalue weighted by molar-refractivity contribution is -0.0130. The zero-order chi connectivity index (χ0) is 15.3. The van der Waals surface area contributed by atoms with Gasteiger partial charge in [-0.1, -0.05) is 11.6 Å². The quantitative estimate of drug-likeness (QED) is 0.617. The van der Waals surface area contributed by atoms with Gasteiger partial charge in [-0.15, -0.1) is 0 Å². The van der Waals surface area contributed by atoms with Crippen LogP contribution in [-0.4, -0.2) is 21.5 Å². The largest absolute Gasteiger partial charge is 0.428 e. The van der Waals surface area contributed by atoms with Crippen molar-refractivity contribution in [3.8, 4) is 0 Å². The van der Waals surface area contributed by atoms with Crippen LogP contribution in [0.25, 0.3) is 0 Å². The number of carbonyl (C=O) groups excluding carboxylic acids is 1. The number of rotatable bonds is 1. The summed E-state index contributed by atoms with van der Waals surface area (Å²) in [5.74, 6) is 2.35. The Morgan fingerprint density at radius 1 is 1.27 bits per heavy atom. The Balaban J connectivity index is 1.53. The molecule has 4 aliphatic rings. The van der Waals surface area contributed by atoms with Crippen LogP contribution in [-0.2, 0) is 0 Å². The molecule has 0 aliphatic heterocycles. The maximum absolute atomic E-state index is 12.3. The lowest BCUT2D eigenvalue weighted by Gasteiger charge is -2.56. The molecule has 22 heavy (non-hydrogen) atoms. The van der Waals surface area contributed by atoms with E-state index in [9.17, 15) is 10.0 Å². The third-order valence-electron chi connectivity index (χ3n) is 5.51. The van der Waals surface area contributed by atoms with E-state index >= 15 is 0 Å². The van der Waals surface area contributed by atoms with Crippen LogP contribution in [0, 0.1) is 17.8 Å². The molecule has 4 fully saturated rings. The van der Waals surface area contributed by atoms with Gasteiger partial charge in [-0.05, 0) is 62.3 Å². The van der Waals surface area contributed by atoms with E-state index in [2.05, 4.69) is 10.3 Å². The van der Waals surface area contributed by atoms with E-state index in [0.29, 0.717) is 5.36 Å². The molecule has 2 amide bonds. The highest BCUT2D eigenvalue weighted by Gasteiger charge is 2.51. The molecule has 1 aromatic rings. The van der Waals surface area contributed by atoms with Gasteiger partial charge < -0.3 is 10.5 Å². The lowest BCUT2D eigenvalue weighted by atomic mass is 9.53. The van der Waals surface area contributed by atoms with Crippen molar-refractivity contribution in [2.24, 2.45) is 22.7 Å². The van der Waals surface area contributed by atoms with Crippen molar-refractivity contribution >= 4 is 17.6 Å². The Bertz CT molecular complexity index is 647. The highest BCUT2D eigenvalue weighted by atomic mass is 35.5. The Kier molecular flexibility index (Phi) is 3.22. The smallest absolute Gasteiger partial charge is 0.341 e. The van der Waals surface area contributed by atoms with Gasteiger partial charge in [0, 0.05) is 17.8 Å². The zero-order valence-corrected chi connectivity index (χ0v) is 13.1. The molecule has 0 radical (unpaired) electrons. The minimum atomic E-state index is -0.297.